The monoisotopic (exact) mass is 695 g/mol. The van der Waals surface area contributed by atoms with Crippen molar-refractivity contribution >= 4 is 57.3 Å². The SMILES string of the molecule is C=CCOc1ccc(C2/C(=C(\O)c3ccc(OCc4cccc(C)c4)cc3)C(=O)C(=O)N2c2nnc(SCc3ccccc3Cl)s2)cc1. The molecule has 1 amide bonds. The van der Waals surface area contributed by atoms with Crippen molar-refractivity contribution in [3.05, 3.63) is 148 Å². The van der Waals surface area contributed by atoms with Crippen molar-refractivity contribution < 1.29 is 24.2 Å². The van der Waals surface area contributed by atoms with Crippen LogP contribution in [0.3, 0.4) is 0 Å². The number of Topliss-reactive ketones (excluding diaryl/α,β-unsaturated/α-hetero) is 1. The Kier molecular flexibility index (Phi) is 10.2. The number of hydrogen-bond acceptors (Lipinski definition) is 9. The van der Waals surface area contributed by atoms with Crippen LogP contribution in [0.5, 0.6) is 11.5 Å². The summed E-state index contributed by atoms with van der Waals surface area (Å²) in [5, 5.41) is 21.1. The maximum atomic E-state index is 13.7. The van der Waals surface area contributed by atoms with Gasteiger partial charge in [-0.25, -0.2) is 0 Å². The zero-order valence-corrected chi connectivity index (χ0v) is 28.2. The number of aliphatic hydroxyl groups is 1. The van der Waals surface area contributed by atoms with Crippen molar-refractivity contribution in [1.29, 1.82) is 0 Å². The number of aryl methyl sites for hydroxylation is 1. The number of anilines is 1. The van der Waals surface area contributed by atoms with Crippen molar-refractivity contribution in [2.75, 3.05) is 11.5 Å². The van der Waals surface area contributed by atoms with E-state index >= 15 is 0 Å². The second-order valence-corrected chi connectivity index (χ2v) is 13.5. The van der Waals surface area contributed by atoms with E-state index in [9.17, 15) is 14.7 Å². The van der Waals surface area contributed by atoms with Crippen molar-refractivity contribution in [3.63, 3.8) is 0 Å². The fourth-order valence-electron chi connectivity index (χ4n) is 5.19. The van der Waals surface area contributed by atoms with Crippen LogP contribution in [0.2, 0.25) is 5.02 Å². The topological polar surface area (TPSA) is 102 Å². The number of hydrogen-bond donors (Lipinski definition) is 1. The molecule has 48 heavy (non-hydrogen) atoms. The predicted molar refractivity (Wildman–Crippen MR) is 190 cm³/mol. The summed E-state index contributed by atoms with van der Waals surface area (Å²) in [4.78, 5) is 28.6. The first-order valence-electron chi connectivity index (χ1n) is 15.0. The zero-order valence-electron chi connectivity index (χ0n) is 25.8. The molecule has 1 atom stereocenters. The molecule has 0 spiro atoms. The summed E-state index contributed by atoms with van der Waals surface area (Å²) in [6.45, 7) is 6.40. The van der Waals surface area contributed by atoms with Crippen molar-refractivity contribution in [1.82, 2.24) is 10.2 Å². The van der Waals surface area contributed by atoms with Gasteiger partial charge in [0.25, 0.3) is 5.78 Å². The number of aliphatic hydroxyl groups excluding tert-OH is 1. The highest BCUT2D eigenvalue weighted by Gasteiger charge is 2.48. The van der Waals surface area contributed by atoms with Gasteiger partial charge in [0, 0.05) is 16.3 Å². The molecule has 1 aliphatic heterocycles. The van der Waals surface area contributed by atoms with E-state index in [0.717, 1.165) is 16.7 Å². The van der Waals surface area contributed by atoms with Gasteiger partial charge in [0.05, 0.1) is 11.6 Å². The minimum absolute atomic E-state index is 0.0614. The first-order chi connectivity index (χ1) is 23.3. The highest BCUT2D eigenvalue weighted by molar-refractivity contribution is 8.00. The normalized spacial score (nSPS) is 15.5. The maximum Gasteiger partial charge on any atom is 0.301 e. The Morgan fingerprint density at radius 3 is 2.44 bits per heavy atom. The van der Waals surface area contributed by atoms with Gasteiger partial charge in [0.2, 0.25) is 5.13 Å². The first-order valence-corrected chi connectivity index (χ1v) is 17.1. The van der Waals surface area contributed by atoms with Gasteiger partial charge in [-0.1, -0.05) is 108 Å². The molecule has 1 unspecified atom stereocenters. The van der Waals surface area contributed by atoms with E-state index in [1.165, 1.54) is 28.0 Å². The number of thioether (sulfide) groups is 1. The fourth-order valence-corrected chi connectivity index (χ4v) is 7.35. The molecule has 1 fully saturated rings. The molecular formula is C37H30ClN3O5S2. The lowest BCUT2D eigenvalue weighted by atomic mass is 9.95. The number of benzene rings is 4. The van der Waals surface area contributed by atoms with E-state index in [1.807, 2.05) is 49.4 Å². The van der Waals surface area contributed by atoms with Crippen LogP contribution in [0.4, 0.5) is 5.13 Å². The number of ketones is 1. The largest absolute Gasteiger partial charge is 0.507 e. The van der Waals surface area contributed by atoms with E-state index in [4.69, 9.17) is 21.1 Å². The summed E-state index contributed by atoms with van der Waals surface area (Å²) < 4.78 is 12.2. The number of amides is 1. The molecule has 8 nitrogen and oxygen atoms in total. The van der Waals surface area contributed by atoms with Gasteiger partial charge < -0.3 is 14.6 Å². The summed E-state index contributed by atoms with van der Waals surface area (Å²) >= 11 is 8.93. The summed E-state index contributed by atoms with van der Waals surface area (Å²) in [7, 11) is 0. The van der Waals surface area contributed by atoms with Crippen LogP contribution in [0.1, 0.15) is 33.9 Å². The van der Waals surface area contributed by atoms with Crippen molar-refractivity contribution in [2.24, 2.45) is 0 Å². The number of carbonyl (C=O) groups excluding carboxylic acids is 2. The minimum Gasteiger partial charge on any atom is -0.507 e. The maximum absolute atomic E-state index is 13.7. The molecule has 1 aliphatic rings. The van der Waals surface area contributed by atoms with E-state index in [2.05, 4.69) is 22.8 Å². The van der Waals surface area contributed by atoms with Gasteiger partial charge in [-0.15, -0.1) is 10.2 Å². The molecule has 1 saturated heterocycles. The Bertz CT molecular complexity index is 1990. The second kappa shape index (κ2) is 14.9. The Morgan fingerprint density at radius 2 is 1.71 bits per heavy atom. The molecule has 4 aromatic carbocycles. The predicted octanol–water partition coefficient (Wildman–Crippen LogP) is 8.56. The molecule has 1 N–H and O–H groups in total. The van der Waals surface area contributed by atoms with Crippen molar-refractivity contribution in [2.45, 2.75) is 29.7 Å². The molecule has 2 heterocycles. The Morgan fingerprint density at radius 1 is 0.979 bits per heavy atom. The van der Waals surface area contributed by atoms with Crippen LogP contribution in [-0.2, 0) is 21.9 Å². The lowest BCUT2D eigenvalue weighted by molar-refractivity contribution is -0.132. The average molecular weight is 696 g/mol. The quantitative estimate of drug-likeness (QED) is 0.0346. The lowest BCUT2D eigenvalue weighted by Crippen LogP contribution is -2.29. The van der Waals surface area contributed by atoms with Gasteiger partial charge in [-0.3, -0.25) is 14.5 Å². The number of nitrogens with zero attached hydrogens (tertiary/aromatic N) is 3. The third kappa shape index (κ3) is 7.31. The molecule has 5 aromatic rings. The molecule has 1 aromatic heterocycles. The smallest absolute Gasteiger partial charge is 0.301 e. The van der Waals surface area contributed by atoms with Crippen LogP contribution in [0.15, 0.2) is 120 Å². The lowest BCUT2D eigenvalue weighted by Gasteiger charge is -2.22. The highest BCUT2D eigenvalue weighted by Crippen LogP contribution is 2.44. The first kappa shape index (κ1) is 33.0. The van der Waals surface area contributed by atoms with Gasteiger partial charge in [-0.2, -0.15) is 0 Å². The molecule has 0 saturated carbocycles. The number of ether oxygens (including phenoxy) is 2. The van der Waals surface area contributed by atoms with E-state index < -0.39 is 17.7 Å². The molecule has 0 radical (unpaired) electrons. The minimum atomic E-state index is -0.968. The van der Waals surface area contributed by atoms with Gasteiger partial charge >= 0.3 is 5.91 Å². The van der Waals surface area contributed by atoms with Crippen LogP contribution in [-0.4, -0.2) is 33.6 Å². The molecular weight excluding hydrogens is 666 g/mol. The van der Waals surface area contributed by atoms with E-state index in [-0.39, 0.29) is 16.5 Å². The summed E-state index contributed by atoms with van der Waals surface area (Å²) in [6.07, 6.45) is 1.64. The van der Waals surface area contributed by atoms with Gasteiger partial charge in [-0.05, 0) is 66.1 Å². The fraction of sp³-hybridized carbons (Fsp3) is 0.135. The van der Waals surface area contributed by atoms with E-state index in [0.29, 0.717) is 51.0 Å². The molecule has 0 aliphatic carbocycles. The van der Waals surface area contributed by atoms with Crippen LogP contribution in [0.25, 0.3) is 5.76 Å². The Balaban J connectivity index is 1.31. The van der Waals surface area contributed by atoms with Crippen LogP contribution >= 0.6 is 34.7 Å². The zero-order chi connectivity index (χ0) is 33.6. The Hall–Kier alpha value is -4.90. The number of carbonyl (C=O) groups is 2. The molecule has 11 heteroatoms. The average Bonchev–Trinajstić information content (AvgIpc) is 3.67. The van der Waals surface area contributed by atoms with Crippen LogP contribution < -0.4 is 14.4 Å². The molecule has 6 rings (SSSR count). The number of aromatic nitrogens is 2. The molecule has 242 valence electrons. The summed E-state index contributed by atoms with van der Waals surface area (Å²) in [5.74, 6) is -0.221. The third-order valence-corrected chi connectivity index (χ3v) is 10.0. The molecule has 0 bridgehead atoms. The number of rotatable bonds is 12. The van der Waals surface area contributed by atoms with E-state index in [1.54, 1.807) is 54.6 Å². The standard InChI is InChI=1S/C37H30ClN3O5S2/c1-3-19-45-28-15-11-25(12-16-28)32-31(33(42)26-13-17-29(18-14-26)46-21-24-8-6-7-23(2)20-24)34(43)35(44)41(32)36-39-40-37(48-36)47-22-27-9-4-5-10-30(27)38/h3-18,20,32,42H,1,19,21-22H2,2H3/b33-31+. The third-order valence-electron chi connectivity index (χ3n) is 7.53. The summed E-state index contributed by atoms with van der Waals surface area (Å²) in [5.41, 5.74) is 3.99. The van der Waals surface area contributed by atoms with Gasteiger partial charge in [0.15, 0.2) is 4.34 Å². The van der Waals surface area contributed by atoms with Crippen molar-refractivity contribution in [3.8, 4) is 11.5 Å². The number of halogens is 1. The Labute approximate surface area is 291 Å². The summed E-state index contributed by atoms with van der Waals surface area (Å²) in [6, 6.07) is 28.3. The van der Waals surface area contributed by atoms with Crippen LogP contribution in [0, 0.1) is 6.92 Å². The second-order valence-electron chi connectivity index (χ2n) is 10.9. The van der Waals surface area contributed by atoms with Gasteiger partial charge in [0.1, 0.15) is 30.5 Å². The highest BCUT2D eigenvalue weighted by atomic mass is 35.5.